The summed E-state index contributed by atoms with van der Waals surface area (Å²) < 4.78 is 0. The first-order valence-corrected chi connectivity index (χ1v) is 13.4. The van der Waals surface area contributed by atoms with E-state index in [0.29, 0.717) is 17.5 Å². The van der Waals surface area contributed by atoms with Crippen molar-refractivity contribution in [2.45, 2.75) is 70.1 Å². The van der Waals surface area contributed by atoms with Gasteiger partial charge < -0.3 is 42.1 Å². The molecule has 0 bridgehead atoms. The molecule has 0 aliphatic rings. The average Bonchev–Trinajstić information content (AvgIpc) is 2.91. The molecular weight excluding hydrogens is 548 g/mol. The van der Waals surface area contributed by atoms with Crippen molar-refractivity contribution in [3.8, 4) is 11.5 Å². The van der Waals surface area contributed by atoms with Crippen molar-refractivity contribution in [1.29, 1.82) is 0 Å². The van der Waals surface area contributed by atoms with Crippen LogP contribution in [0.1, 0.15) is 44.2 Å². The maximum Gasteiger partial charge on any atom is 0.326 e. The maximum absolute atomic E-state index is 13.4. The summed E-state index contributed by atoms with van der Waals surface area (Å²) in [7, 11) is 0. The van der Waals surface area contributed by atoms with Crippen molar-refractivity contribution in [3.63, 3.8) is 0 Å². The monoisotopic (exact) mass is 586 g/mol. The molecule has 228 valence electrons. The highest BCUT2D eigenvalue weighted by molar-refractivity contribution is 5.94. The number of phenols is 2. The molecule has 0 saturated heterocycles. The summed E-state index contributed by atoms with van der Waals surface area (Å²) in [5, 5.41) is 45.4. The molecule has 2 aromatic rings. The molecule has 42 heavy (non-hydrogen) atoms. The third-order valence-corrected chi connectivity index (χ3v) is 6.34. The van der Waals surface area contributed by atoms with Crippen molar-refractivity contribution in [2.75, 3.05) is 0 Å². The second kappa shape index (κ2) is 16.0. The van der Waals surface area contributed by atoms with Crippen LogP contribution < -0.4 is 21.7 Å². The van der Waals surface area contributed by atoms with Gasteiger partial charge in [-0.25, -0.2) is 4.79 Å². The normalized spacial score (nSPS) is 13.8. The standard InChI is InChI=1S/C29H38N4O9/c1-16(2)13-21(30)26(38)31-22(11-12-25(36)37)27(39)32-23(14-17-3-7-19(34)8-4-17)28(40)33-24(29(41)42)15-18-5-9-20(35)10-6-18/h3-10,16,21-24,34-35H,11-15,30H2,1-2H3,(H,31,38)(H,32,39)(H,33,40)(H,36,37)(H,41,42). The van der Waals surface area contributed by atoms with Crippen molar-refractivity contribution in [2.24, 2.45) is 11.7 Å². The minimum Gasteiger partial charge on any atom is -0.508 e. The van der Waals surface area contributed by atoms with Crippen LogP contribution in [-0.4, -0.2) is 74.3 Å². The van der Waals surface area contributed by atoms with Crippen LogP contribution in [-0.2, 0) is 36.8 Å². The molecule has 3 amide bonds. The summed E-state index contributed by atoms with van der Waals surface area (Å²) >= 11 is 0. The number of hydrogen-bond acceptors (Lipinski definition) is 8. The van der Waals surface area contributed by atoms with Gasteiger partial charge in [0.1, 0.15) is 29.6 Å². The lowest BCUT2D eigenvalue weighted by Gasteiger charge is -2.25. The fourth-order valence-electron chi connectivity index (χ4n) is 4.12. The number of carbonyl (C=O) groups excluding carboxylic acids is 3. The SMILES string of the molecule is CC(C)CC(N)C(=O)NC(CCC(=O)O)C(=O)NC(Cc1ccc(O)cc1)C(=O)NC(Cc1ccc(O)cc1)C(=O)O. The van der Waals surface area contributed by atoms with E-state index >= 15 is 0 Å². The number of aromatic hydroxyl groups is 2. The van der Waals surface area contributed by atoms with Crippen LogP contribution in [0.25, 0.3) is 0 Å². The predicted octanol–water partition coefficient (Wildman–Crippen LogP) is 0.660. The van der Waals surface area contributed by atoms with Gasteiger partial charge in [0, 0.05) is 19.3 Å². The van der Waals surface area contributed by atoms with E-state index in [9.17, 15) is 39.3 Å². The minimum absolute atomic E-state index is 0.0129. The van der Waals surface area contributed by atoms with Crippen LogP contribution in [0, 0.1) is 5.92 Å². The summed E-state index contributed by atoms with van der Waals surface area (Å²) in [6.07, 6.45) is -0.654. The third-order valence-electron chi connectivity index (χ3n) is 6.34. The van der Waals surface area contributed by atoms with E-state index in [-0.39, 0.29) is 36.7 Å². The number of carbonyl (C=O) groups is 5. The molecule has 0 fully saturated rings. The molecule has 13 heteroatoms. The van der Waals surface area contributed by atoms with Gasteiger partial charge in [-0.1, -0.05) is 38.1 Å². The quantitative estimate of drug-likeness (QED) is 0.137. The minimum atomic E-state index is -1.39. The van der Waals surface area contributed by atoms with Gasteiger partial charge in [0.05, 0.1) is 6.04 Å². The highest BCUT2D eigenvalue weighted by atomic mass is 16.4. The molecule has 0 aliphatic carbocycles. The molecule has 13 nitrogen and oxygen atoms in total. The van der Waals surface area contributed by atoms with Crippen molar-refractivity contribution < 1.29 is 44.4 Å². The van der Waals surface area contributed by atoms with Gasteiger partial charge in [-0.15, -0.1) is 0 Å². The highest BCUT2D eigenvalue weighted by Crippen LogP contribution is 2.14. The number of nitrogens with one attached hydrogen (secondary N) is 3. The molecule has 0 saturated carbocycles. The first-order valence-electron chi connectivity index (χ1n) is 13.4. The van der Waals surface area contributed by atoms with E-state index in [4.69, 9.17) is 10.8 Å². The number of rotatable bonds is 16. The van der Waals surface area contributed by atoms with Crippen molar-refractivity contribution in [1.82, 2.24) is 16.0 Å². The summed E-state index contributed by atoms with van der Waals surface area (Å²) in [5.74, 6) is -4.86. The number of aliphatic carboxylic acids is 2. The lowest BCUT2D eigenvalue weighted by Crippen LogP contribution is -2.58. The number of carboxylic acid groups (broad SMARTS) is 2. The molecule has 2 rings (SSSR count). The molecule has 0 aliphatic heterocycles. The topological polar surface area (TPSA) is 228 Å². The van der Waals surface area contributed by atoms with Crippen LogP contribution in [0.4, 0.5) is 0 Å². The molecule has 9 N–H and O–H groups in total. The van der Waals surface area contributed by atoms with Gasteiger partial charge in [0.15, 0.2) is 0 Å². The zero-order valence-electron chi connectivity index (χ0n) is 23.4. The zero-order valence-corrected chi connectivity index (χ0v) is 23.4. The van der Waals surface area contributed by atoms with Crippen molar-refractivity contribution in [3.05, 3.63) is 59.7 Å². The molecule has 0 heterocycles. The Morgan fingerprint density at radius 1 is 0.690 bits per heavy atom. The first-order chi connectivity index (χ1) is 19.7. The van der Waals surface area contributed by atoms with Gasteiger partial charge >= 0.3 is 11.9 Å². The Morgan fingerprint density at radius 2 is 1.12 bits per heavy atom. The summed E-state index contributed by atoms with van der Waals surface area (Å²) in [6.45, 7) is 3.72. The van der Waals surface area contributed by atoms with Crippen LogP contribution in [0.15, 0.2) is 48.5 Å². The number of phenolic OH excluding ortho intramolecular Hbond substituents is 2. The number of hydrogen-bond donors (Lipinski definition) is 8. The Balaban J connectivity index is 2.29. The number of carboxylic acids is 2. The summed E-state index contributed by atoms with van der Waals surface area (Å²) in [4.78, 5) is 62.5. The molecule has 4 unspecified atom stereocenters. The van der Waals surface area contributed by atoms with E-state index in [1.807, 2.05) is 13.8 Å². The van der Waals surface area contributed by atoms with Gasteiger partial charge in [0.2, 0.25) is 17.7 Å². The van der Waals surface area contributed by atoms with E-state index in [0.717, 1.165) is 0 Å². The summed E-state index contributed by atoms with van der Waals surface area (Å²) in [5.41, 5.74) is 6.97. The lowest BCUT2D eigenvalue weighted by atomic mass is 10.0. The number of nitrogens with two attached hydrogens (primary N) is 1. The average molecular weight is 587 g/mol. The Hall–Kier alpha value is -4.65. The first kappa shape index (κ1) is 33.6. The van der Waals surface area contributed by atoms with Gasteiger partial charge in [-0.2, -0.15) is 0 Å². The second-order valence-electron chi connectivity index (χ2n) is 10.4. The van der Waals surface area contributed by atoms with Crippen LogP contribution >= 0.6 is 0 Å². The van der Waals surface area contributed by atoms with Crippen molar-refractivity contribution >= 4 is 29.7 Å². The van der Waals surface area contributed by atoms with E-state index in [1.54, 1.807) is 0 Å². The molecule has 4 atom stereocenters. The van der Waals surface area contributed by atoms with Crippen LogP contribution in [0.3, 0.4) is 0 Å². The van der Waals surface area contributed by atoms with Crippen LogP contribution in [0.5, 0.6) is 11.5 Å². The Kier molecular flexibility index (Phi) is 12.8. The largest absolute Gasteiger partial charge is 0.508 e. The highest BCUT2D eigenvalue weighted by Gasteiger charge is 2.31. The molecule has 0 aromatic heterocycles. The number of amides is 3. The lowest BCUT2D eigenvalue weighted by molar-refractivity contribution is -0.142. The Labute approximate surface area is 243 Å². The Morgan fingerprint density at radius 3 is 1.57 bits per heavy atom. The Bertz CT molecular complexity index is 1230. The molecule has 0 radical (unpaired) electrons. The van der Waals surface area contributed by atoms with Gasteiger partial charge in [-0.05, 0) is 54.2 Å². The molecular formula is C29H38N4O9. The second-order valence-corrected chi connectivity index (χ2v) is 10.4. The third kappa shape index (κ3) is 11.5. The van der Waals surface area contributed by atoms with E-state index in [2.05, 4.69) is 16.0 Å². The predicted molar refractivity (Wildman–Crippen MR) is 151 cm³/mol. The van der Waals surface area contributed by atoms with E-state index in [1.165, 1.54) is 48.5 Å². The maximum atomic E-state index is 13.4. The molecule has 2 aromatic carbocycles. The fraction of sp³-hybridized carbons (Fsp3) is 0.414. The molecule has 0 spiro atoms. The number of benzene rings is 2. The van der Waals surface area contributed by atoms with Crippen LogP contribution in [0.2, 0.25) is 0 Å². The summed E-state index contributed by atoms with van der Waals surface area (Å²) in [6, 6.07) is 6.54. The smallest absolute Gasteiger partial charge is 0.326 e. The zero-order chi connectivity index (χ0) is 31.4. The fourth-order valence-corrected chi connectivity index (χ4v) is 4.12. The van der Waals surface area contributed by atoms with Gasteiger partial charge in [0.25, 0.3) is 0 Å². The van der Waals surface area contributed by atoms with E-state index < -0.39 is 60.2 Å². The van der Waals surface area contributed by atoms with Gasteiger partial charge in [-0.3, -0.25) is 19.2 Å².